The molecule has 0 atom stereocenters. The Labute approximate surface area is 109 Å². The maximum atomic E-state index is 8.07. The summed E-state index contributed by atoms with van der Waals surface area (Å²) in [6.45, 7) is 2.40. The summed E-state index contributed by atoms with van der Waals surface area (Å²) in [6, 6.07) is 20.0. The van der Waals surface area contributed by atoms with E-state index in [9.17, 15) is 0 Å². The molecule has 0 aromatic heterocycles. The molecule has 0 heterocycles. The van der Waals surface area contributed by atoms with Crippen molar-refractivity contribution in [2.75, 3.05) is 6.61 Å². The first-order valence-corrected chi connectivity index (χ1v) is 5.36. The Bertz CT molecular complexity index is 185. The summed E-state index contributed by atoms with van der Waals surface area (Å²) < 4.78 is 0. The van der Waals surface area contributed by atoms with Gasteiger partial charge in [0.05, 0.1) is 0 Å². The number of rotatable bonds is 2. The van der Waals surface area contributed by atoms with Crippen LogP contribution in [0.2, 0.25) is 0 Å². The van der Waals surface area contributed by atoms with Gasteiger partial charge in [0, 0.05) is 23.7 Å². The first-order valence-electron chi connectivity index (χ1n) is 5.36. The van der Waals surface area contributed by atoms with Crippen molar-refractivity contribution in [3.63, 3.8) is 0 Å². The van der Waals surface area contributed by atoms with Gasteiger partial charge in [-0.1, -0.05) is 13.3 Å². The van der Waals surface area contributed by atoms with Gasteiger partial charge in [0.15, 0.2) is 0 Å². The minimum atomic E-state index is 0. The summed E-state index contributed by atoms with van der Waals surface area (Å²) in [7, 11) is 0. The predicted octanol–water partition coefficient (Wildman–Crippen LogP) is 3.59. The van der Waals surface area contributed by atoms with E-state index in [4.69, 9.17) is 5.11 Å². The molecular weight excluding hydrogens is 240 g/mol. The first kappa shape index (κ1) is 17.6. The molecule has 0 saturated carbocycles. The molecule has 0 aliphatic heterocycles. The Morgan fingerprint density at radius 2 is 1.38 bits per heavy atom. The van der Waals surface area contributed by atoms with Crippen molar-refractivity contribution in [2.24, 2.45) is 0 Å². The number of unbranched alkanes of at least 4 members (excludes halogenated alkanes) is 1. The largest absolute Gasteiger partial charge is 0.748 e. The Morgan fingerprint density at radius 3 is 1.50 bits per heavy atom. The average molecular weight is 260 g/mol. The van der Waals surface area contributed by atoms with Crippen LogP contribution in [0.15, 0.2) is 60.7 Å². The van der Waals surface area contributed by atoms with Crippen LogP contribution in [0.4, 0.5) is 0 Å². The number of aliphatic hydroxyl groups excluding tert-OH is 1. The number of hydrogen-bond acceptors (Lipinski definition) is 1. The smallest absolute Gasteiger partial charge is 0.0430 e. The minimum absolute atomic E-state index is 0. The monoisotopic (exact) mass is 260 g/mol. The van der Waals surface area contributed by atoms with Gasteiger partial charge in [-0.15, -0.1) is 0 Å². The van der Waals surface area contributed by atoms with Crippen LogP contribution in [0.5, 0.6) is 0 Å². The second-order valence-corrected chi connectivity index (χ2v) is 3.00. The fourth-order valence-corrected chi connectivity index (χ4v) is 0.800. The maximum Gasteiger partial charge on any atom is 0.0430 e. The van der Waals surface area contributed by atoms with E-state index in [0.717, 1.165) is 12.8 Å². The van der Waals surface area contributed by atoms with E-state index in [-0.39, 0.29) is 17.1 Å². The average Bonchev–Trinajstić information content (AvgIpc) is 2.99. The zero-order chi connectivity index (χ0) is 11.2. The van der Waals surface area contributed by atoms with E-state index in [0.29, 0.717) is 6.61 Å². The van der Waals surface area contributed by atoms with Crippen LogP contribution < -0.4 is 0 Å². The molecular formula is C14H20FeO-6. The van der Waals surface area contributed by atoms with Crippen molar-refractivity contribution in [3.8, 4) is 0 Å². The molecule has 1 N–H and O–H groups in total. The molecule has 0 spiro atoms. The molecule has 0 aliphatic carbocycles. The normalized spacial score (nSPS) is 7.62. The summed E-state index contributed by atoms with van der Waals surface area (Å²) in [6.07, 6.45) is 2.04. The molecule has 2 aromatic carbocycles. The molecule has 0 amide bonds. The Hall–Kier alpha value is -0.821. The summed E-state index contributed by atoms with van der Waals surface area (Å²) >= 11 is 0. The van der Waals surface area contributed by atoms with Crippen molar-refractivity contribution in [2.45, 2.75) is 19.8 Å². The van der Waals surface area contributed by atoms with Crippen molar-refractivity contribution in [1.29, 1.82) is 0 Å². The van der Waals surface area contributed by atoms with Gasteiger partial charge in [-0.05, 0) is 6.42 Å². The molecule has 2 aromatic rings. The van der Waals surface area contributed by atoms with Crippen LogP contribution in [-0.2, 0) is 17.1 Å². The first-order chi connectivity index (χ1) is 7.41. The SMILES string of the molecule is CCCCO.[Fe].[cH-]1[cH-][cH-][cH-][cH-]1.c1cc[cH-]c1. The quantitative estimate of drug-likeness (QED) is 0.646. The van der Waals surface area contributed by atoms with Crippen molar-refractivity contribution >= 4 is 0 Å². The van der Waals surface area contributed by atoms with Crippen LogP contribution in [0, 0.1) is 0 Å². The second-order valence-electron chi connectivity index (χ2n) is 3.00. The molecule has 0 unspecified atom stereocenters. The summed E-state index contributed by atoms with van der Waals surface area (Å²) in [5, 5.41) is 8.07. The van der Waals surface area contributed by atoms with E-state index >= 15 is 0 Å². The third-order valence-electron chi connectivity index (χ3n) is 1.62. The van der Waals surface area contributed by atoms with Gasteiger partial charge in [0.25, 0.3) is 0 Å². The fraction of sp³-hybridized carbons (Fsp3) is 0.286. The van der Waals surface area contributed by atoms with Crippen LogP contribution >= 0.6 is 0 Å². The van der Waals surface area contributed by atoms with Crippen molar-refractivity contribution < 1.29 is 22.2 Å². The molecule has 0 saturated heterocycles. The Balaban J connectivity index is 0. The third kappa shape index (κ3) is 15.6. The molecule has 0 radical (unpaired) electrons. The standard InChI is InChI=1S/2C5H5.C4H10O.Fe/c2*1-2-4-5-3-1;1-2-3-4-5;/h2*1-5H;5H,2-4H2,1H3;/q-5;-1;;. The van der Waals surface area contributed by atoms with E-state index in [1.165, 1.54) is 0 Å². The molecule has 96 valence electrons. The molecule has 0 fully saturated rings. The van der Waals surface area contributed by atoms with E-state index in [2.05, 4.69) is 6.92 Å². The van der Waals surface area contributed by atoms with E-state index in [1.54, 1.807) is 0 Å². The van der Waals surface area contributed by atoms with Gasteiger partial charge in [0.1, 0.15) is 0 Å². The van der Waals surface area contributed by atoms with Gasteiger partial charge in [-0.3, -0.25) is 0 Å². The number of hydrogen-bond donors (Lipinski definition) is 1. The van der Waals surface area contributed by atoms with E-state index < -0.39 is 0 Å². The molecule has 2 rings (SSSR count). The molecule has 1 nitrogen and oxygen atoms in total. The topological polar surface area (TPSA) is 20.2 Å². The van der Waals surface area contributed by atoms with Crippen LogP contribution in [0.1, 0.15) is 19.8 Å². The summed E-state index contributed by atoms with van der Waals surface area (Å²) in [5.74, 6) is 0. The summed E-state index contributed by atoms with van der Waals surface area (Å²) in [5.41, 5.74) is 0. The van der Waals surface area contributed by atoms with Crippen LogP contribution in [0.25, 0.3) is 0 Å². The zero-order valence-electron chi connectivity index (χ0n) is 9.70. The zero-order valence-corrected chi connectivity index (χ0v) is 10.8. The molecule has 0 bridgehead atoms. The molecule has 16 heavy (non-hydrogen) atoms. The van der Waals surface area contributed by atoms with Crippen LogP contribution in [0.3, 0.4) is 0 Å². The maximum absolute atomic E-state index is 8.07. The van der Waals surface area contributed by atoms with Gasteiger partial charge >= 0.3 is 0 Å². The predicted molar refractivity (Wildman–Crippen MR) is 66.1 cm³/mol. The van der Waals surface area contributed by atoms with E-state index in [1.807, 2.05) is 60.7 Å². The van der Waals surface area contributed by atoms with Gasteiger partial charge in [-0.25, -0.2) is 12.1 Å². The fourth-order valence-electron chi connectivity index (χ4n) is 0.800. The molecule has 0 aliphatic rings. The Kier molecular flexibility index (Phi) is 18.2. The Morgan fingerprint density at radius 1 is 0.938 bits per heavy atom. The van der Waals surface area contributed by atoms with Crippen molar-refractivity contribution in [3.05, 3.63) is 60.7 Å². The third-order valence-corrected chi connectivity index (χ3v) is 1.62. The number of aliphatic hydroxyl groups is 1. The molecule has 2 heteroatoms. The van der Waals surface area contributed by atoms with Gasteiger partial charge in [0.2, 0.25) is 0 Å². The van der Waals surface area contributed by atoms with Crippen molar-refractivity contribution in [1.82, 2.24) is 0 Å². The van der Waals surface area contributed by atoms with Gasteiger partial charge in [-0.2, -0.15) is 18.2 Å². The summed E-state index contributed by atoms with van der Waals surface area (Å²) in [4.78, 5) is 0. The second kappa shape index (κ2) is 16.6. The van der Waals surface area contributed by atoms with Crippen LogP contribution in [-0.4, -0.2) is 11.7 Å². The minimum Gasteiger partial charge on any atom is -0.748 e. The van der Waals surface area contributed by atoms with Gasteiger partial charge < -0.3 is 35.4 Å².